The Morgan fingerprint density at radius 2 is 2.00 bits per heavy atom. The fourth-order valence-electron chi connectivity index (χ4n) is 4.54. The molecular weight excluding hydrogens is 518 g/mol. The van der Waals surface area contributed by atoms with E-state index in [1.807, 2.05) is 45.0 Å². The number of aromatic nitrogens is 2. The van der Waals surface area contributed by atoms with Crippen LogP contribution >= 0.6 is 0 Å². The zero-order valence-electron chi connectivity index (χ0n) is 22.5. The summed E-state index contributed by atoms with van der Waals surface area (Å²) in [6.07, 6.45) is 5.75. The first kappa shape index (κ1) is 27.0. The van der Waals surface area contributed by atoms with E-state index in [9.17, 15) is 13.6 Å². The smallest absolute Gasteiger partial charge is 0.410 e. The van der Waals surface area contributed by atoms with Gasteiger partial charge in [0, 0.05) is 42.9 Å². The summed E-state index contributed by atoms with van der Waals surface area (Å²) in [5.41, 5.74) is 9.37. The Hall–Kier alpha value is -4.54. The molecule has 0 radical (unpaired) electrons. The van der Waals surface area contributed by atoms with Crippen LogP contribution in [0, 0.1) is 11.6 Å². The Morgan fingerprint density at radius 1 is 1.18 bits per heavy atom. The third-order valence-corrected chi connectivity index (χ3v) is 6.41. The lowest BCUT2D eigenvalue weighted by atomic mass is 9.96. The lowest BCUT2D eigenvalue weighted by molar-refractivity contribution is 0.0270. The Balaban J connectivity index is 1.46. The van der Waals surface area contributed by atoms with Crippen molar-refractivity contribution >= 4 is 29.7 Å². The molecule has 0 spiro atoms. The zero-order valence-corrected chi connectivity index (χ0v) is 22.5. The number of halogens is 2. The van der Waals surface area contributed by atoms with Crippen molar-refractivity contribution in [2.24, 2.45) is 15.7 Å². The highest BCUT2D eigenvalue weighted by Gasteiger charge is 2.25. The number of amides is 1. The average Bonchev–Trinajstić information content (AvgIpc) is 3.25. The van der Waals surface area contributed by atoms with E-state index >= 15 is 0 Å². The molecule has 3 heterocycles. The topological polar surface area (TPSA) is 107 Å². The first-order chi connectivity index (χ1) is 19.1. The lowest BCUT2D eigenvalue weighted by Gasteiger charge is -2.29. The van der Waals surface area contributed by atoms with E-state index < -0.39 is 17.2 Å². The van der Waals surface area contributed by atoms with Gasteiger partial charge in [-0.1, -0.05) is 12.1 Å². The first-order valence-corrected chi connectivity index (χ1v) is 12.9. The van der Waals surface area contributed by atoms with Crippen LogP contribution in [0.1, 0.15) is 38.3 Å². The van der Waals surface area contributed by atoms with Gasteiger partial charge in [0.25, 0.3) is 5.96 Å². The van der Waals surface area contributed by atoms with Gasteiger partial charge in [0.05, 0.1) is 18.6 Å². The predicted octanol–water partition coefficient (Wildman–Crippen LogP) is 5.31. The van der Waals surface area contributed by atoms with Crippen LogP contribution in [0.15, 0.2) is 58.7 Å². The largest absolute Gasteiger partial charge is 0.493 e. The van der Waals surface area contributed by atoms with Gasteiger partial charge in [0.2, 0.25) is 0 Å². The summed E-state index contributed by atoms with van der Waals surface area (Å²) in [6.45, 7) is 6.99. The summed E-state index contributed by atoms with van der Waals surface area (Å²) in [6, 6.07) is 9.03. The highest BCUT2D eigenvalue weighted by molar-refractivity contribution is 5.91. The maximum absolute atomic E-state index is 14.3. The summed E-state index contributed by atoms with van der Waals surface area (Å²) in [4.78, 5) is 22.4. The molecule has 0 unspecified atom stereocenters. The second-order valence-corrected chi connectivity index (χ2v) is 10.4. The van der Waals surface area contributed by atoms with Crippen molar-refractivity contribution in [2.75, 3.05) is 19.7 Å². The quantitative estimate of drug-likeness (QED) is 0.345. The van der Waals surface area contributed by atoms with Crippen molar-refractivity contribution in [3.8, 4) is 17.0 Å². The van der Waals surface area contributed by atoms with Crippen LogP contribution in [0.4, 0.5) is 19.3 Å². The number of nitrogens with two attached hydrogens (primary N) is 1. The molecular formula is C29H30F2N6O3. The second kappa shape index (κ2) is 10.9. The van der Waals surface area contributed by atoms with Crippen LogP contribution < -0.4 is 10.5 Å². The molecule has 0 saturated heterocycles. The molecule has 0 aliphatic carbocycles. The number of hydrogen-bond acceptors (Lipinski definition) is 5. The number of aliphatic imine (C=N–C) groups is 2. The third-order valence-electron chi connectivity index (χ3n) is 6.41. The average molecular weight is 549 g/mol. The molecule has 2 N–H and O–H groups in total. The Labute approximate surface area is 230 Å². The van der Waals surface area contributed by atoms with E-state index in [0.717, 1.165) is 40.7 Å². The zero-order chi connectivity index (χ0) is 28.4. The summed E-state index contributed by atoms with van der Waals surface area (Å²) in [5, 5.41) is 4.72. The molecule has 0 fully saturated rings. The van der Waals surface area contributed by atoms with Crippen LogP contribution in [-0.4, -0.2) is 58.4 Å². The van der Waals surface area contributed by atoms with Crippen molar-refractivity contribution in [1.29, 1.82) is 0 Å². The van der Waals surface area contributed by atoms with Crippen molar-refractivity contribution < 1.29 is 23.0 Å². The van der Waals surface area contributed by atoms with Crippen LogP contribution in [0.3, 0.4) is 0 Å². The minimum absolute atomic E-state index is 0.0249. The molecule has 0 atom stereocenters. The molecule has 1 aromatic heterocycles. The van der Waals surface area contributed by atoms with Crippen molar-refractivity contribution in [3.05, 3.63) is 71.4 Å². The van der Waals surface area contributed by atoms with Gasteiger partial charge in [-0.05, 0) is 62.6 Å². The lowest BCUT2D eigenvalue weighted by Crippen LogP contribution is -2.39. The molecule has 0 saturated carbocycles. The van der Waals surface area contributed by atoms with Crippen molar-refractivity contribution in [3.63, 3.8) is 0 Å². The monoisotopic (exact) mass is 548 g/mol. The van der Waals surface area contributed by atoms with Crippen LogP contribution in [0.5, 0.6) is 5.75 Å². The molecule has 2 aliphatic heterocycles. The molecule has 2 aliphatic rings. The number of fused-ring (bicyclic) bond motifs is 3. The van der Waals surface area contributed by atoms with Gasteiger partial charge in [0.1, 0.15) is 22.9 Å². The van der Waals surface area contributed by atoms with Gasteiger partial charge in [-0.25, -0.2) is 28.2 Å². The van der Waals surface area contributed by atoms with Gasteiger partial charge in [-0.3, -0.25) is 0 Å². The number of nitrogens with zero attached hydrogens (tertiary/aromatic N) is 5. The standard InChI is InChI=1S/C29H30F2N6O3/c1-29(2,3)40-28(38)36-11-8-18(9-12-36)19-4-7-25-22(14-19)26-20(10-13-39-25)16-37(35-26)27(33-17-32)34-24-6-5-21(30)15-23(24)31/h4-8,14-17H,9-13H2,1-3H3,(H2,32,33,34). The fraction of sp³-hybridized carbons (Fsp3) is 0.310. The third kappa shape index (κ3) is 5.88. The SMILES string of the molecule is CC(C)(C)OC(=O)N1CC=C(c2ccc3c(c2)-c2nn(C(N=CN)=Nc4ccc(F)cc4F)cc2CCO3)CC1. The maximum Gasteiger partial charge on any atom is 0.410 e. The van der Waals surface area contributed by atoms with E-state index in [0.29, 0.717) is 44.0 Å². The number of ether oxygens (including phenoxy) is 2. The van der Waals surface area contributed by atoms with Crippen molar-refractivity contribution in [2.45, 2.75) is 39.2 Å². The minimum Gasteiger partial charge on any atom is -0.493 e. The van der Waals surface area contributed by atoms with Gasteiger partial charge in [-0.15, -0.1) is 0 Å². The number of hydrogen-bond donors (Lipinski definition) is 1. The Kier molecular flexibility index (Phi) is 7.38. The molecule has 3 aromatic rings. The van der Waals surface area contributed by atoms with Crippen LogP contribution in [0.2, 0.25) is 0 Å². The molecule has 5 rings (SSSR count). The highest BCUT2D eigenvalue weighted by Crippen LogP contribution is 2.37. The molecule has 9 nitrogen and oxygen atoms in total. The molecule has 40 heavy (non-hydrogen) atoms. The number of rotatable bonds is 2. The van der Waals surface area contributed by atoms with E-state index in [2.05, 4.69) is 9.98 Å². The molecule has 1 amide bonds. The van der Waals surface area contributed by atoms with Gasteiger partial charge >= 0.3 is 6.09 Å². The van der Waals surface area contributed by atoms with Gasteiger partial charge < -0.3 is 20.1 Å². The fourth-order valence-corrected chi connectivity index (χ4v) is 4.54. The van der Waals surface area contributed by atoms with Gasteiger partial charge in [-0.2, -0.15) is 5.10 Å². The maximum atomic E-state index is 14.3. The van der Waals surface area contributed by atoms with E-state index in [-0.39, 0.29) is 17.7 Å². The van der Waals surface area contributed by atoms with E-state index in [1.165, 1.54) is 10.7 Å². The normalized spacial score (nSPS) is 15.7. The summed E-state index contributed by atoms with van der Waals surface area (Å²) in [5.74, 6) is -0.821. The summed E-state index contributed by atoms with van der Waals surface area (Å²) in [7, 11) is 0. The molecule has 11 heteroatoms. The van der Waals surface area contributed by atoms with E-state index in [4.69, 9.17) is 20.3 Å². The van der Waals surface area contributed by atoms with E-state index in [1.54, 1.807) is 11.1 Å². The molecule has 2 aromatic carbocycles. The number of carbonyl (C=O) groups is 1. The van der Waals surface area contributed by atoms with Crippen molar-refractivity contribution in [1.82, 2.24) is 14.7 Å². The van der Waals surface area contributed by atoms with Gasteiger partial charge in [0.15, 0.2) is 5.82 Å². The minimum atomic E-state index is -0.826. The first-order valence-electron chi connectivity index (χ1n) is 12.9. The number of benzene rings is 2. The summed E-state index contributed by atoms with van der Waals surface area (Å²) >= 11 is 0. The molecule has 208 valence electrons. The van der Waals surface area contributed by atoms with Crippen LogP contribution in [0.25, 0.3) is 16.8 Å². The Bertz CT molecular complexity index is 1540. The highest BCUT2D eigenvalue weighted by atomic mass is 19.1. The predicted molar refractivity (Wildman–Crippen MR) is 149 cm³/mol. The Morgan fingerprint density at radius 3 is 2.70 bits per heavy atom. The number of carbonyl (C=O) groups excluding carboxylic acids is 1. The summed E-state index contributed by atoms with van der Waals surface area (Å²) < 4.78 is 40.6. The van der Waals surface area contributed by atoms with Crippen LogP contribution in [-0.2, 0) is 11.2 Å². The molecule has 0 bridgehead atoms. The second-order valence-electron chi connectivity index (χ2n) is 10.4.